The number of rotatable bonds is 4. The quantitative estimate of drug-likeness (QED) is 0.932. The Bertz CT molecular complexity index is 578. The molecule has 3 nitrogen and oxygen atoms in total. The van der Waals surface area contributed by atoms with Crippen LogP contribution in [0.5, 0.6) is 5.75 Å². The number of nitrogens with two attached hydrogens (primary N) is 1. The Morgan fingerprint density at radius 3 is 2.63 bits per heavy atom. The predicted octanol–water partition coefficient (Wildman–Crippen LogP) is 3.32. The van der Waals surface area contributed by atoms with E-state index in [0.29, 0.717) is 0 Å². The molecule has 0 saturated heterocycles. The fraction of sp³-hybridized carbons (Fsp3) is 0.400. The molecule has 0 fully saturated rings. The van der Waals surface area contributed by atoms with Crippen molar-refractivity contribution in [3.05, 3.63) is 44.9 Å². The van der Waals surface area contributed by atoms with E-state index in [9.17, 15) is 0 Å². The van der Waals surface area contributed by atoms with Gasteiger partial charge in [0, 0.05) is 29.1 Å². The summed E-state index contributed by atoms with van der Waals surface area (Å²) in [6.07, 6.45) is 0.747. The van der Waals surface area contributed by atoms with E-state index in [-0.39, 0.29) is 6.04 Å². The molecule has 1 aromatic heterocycles. The molecule has 0 amide bonds. The van der Waals surface area contributed by atoms with Crippen LogP contribution in [-0.4, -0.2) is 12.1 Å². The molecule has 1 heterocycles. The number of benzene rings is 1. The van der Waals surface area contributed by atoms with Gasteiger partial charge in [-0.05, 0) is 31.9 Å². The Morgan fingerprint density at radius 1 is 1.32 bits per heavy atom. The van der Waals surface area contributed by atoms with Crippen molar-refractivity contribution in [2.75, 3.05) is 7.11 Å². The van der Waals surface area contributed by atoms with Gasteiger partial charge in [0.05, 0.1) is 12.1 Å². The van der Waals surface area contributed by atoms with E-state index in [1.54, 1.807) is 18.4 Å². The van der Waals surface area contributed by atoms with Gasteiger partial charge in [-0.3, -0.25) is 0 Å². The normalized spacial score (nSPS) is 12.5. The summed E-state index contributed by atoms with van der Waals surface area (Å²) in [6.45, 7) is 6.15. The lowest BCUT2D eigenvalue weighted by Crippen LogP contribution is -2.15. The third-order valence-electron chi connectivity index (χ3n) is 3.37. The number of thiazole rings is 1. The van der Waals surface area contributed by atoms with Crippen LogP contribution in [-0.2, 0) is 6.42 Å². The molecule has 1 atom stereocenters. The first kappa shape index (κ1) is 14.0. The molecule has 102 valence electrons. The van der Waals surface area contributed by atoms with Crippen LogP contribution in [0.3, 0.4) is 0 Å². The number of aryl methyl sites for hydroxylation is 2. The first-order chi connectivity index (χ1) is 9.02. The van der Waals surface area contributed by atoms with E-state index in [1.807, 2.05) is 6.92 Å². The topological polar surface area (TPSA) is 48.1 Å². The summed E-state index contributed by atoms with van der Waals surface area (Å²) in [5.41, 5.74) is 10.8. The van der Waals surface area contributed by atoms with E-state index < -0.39 is 0 Å². The lowest BCUT2D eigenvalue weighted by Gasteiger charge is -2.18. The van der Waals surface area contributed by atoms with Crippen LogP contribution in [0.25, 0.3) is 0 Å². The van der Waals surface area contributed by atoms with Crippen LogP contribution >= 0.6 is 11.3 Å². The molecular formula is C15H20N2OS. The molecular weight excluding hydrogens is 256 g/mol. The smallest absolute Gasteiger partial charge is 0.126 e. The van der Waals surface area contributed by atoms with Crippen LogP contribution in [0.2, 0.25) is 0 Å². The Hall–Kier alpha value is -1.39. The zero-order valence-corrected chi connectivity index (χ0v) is 12.7. The third-order valence-corrected chi connectivity index (χ3v) is 4.36. The number of nitrogens with zero attached hydrogens (tertiary/aromatic N) is 1. The summed E-state index contributed by atoms with van der Waals surface area (Å²) in [7, 11) is 1.70. The van der Waals surface area contributed by atoms with E-state index in [2.05, 4.69) is 36.3 Å². The number of methoxy groups -OCH3 is 1. The number of hydrogen-bond donors (Lipinski definition) is 1. The molecule has 0 radical (unpaired) electrons. The molecule has 0 saturated carbocycles. The fourth-order valence-corrected chi connectivity index (χ4v) is 3.00. The maximum Gasteiger partial charge on any atom is 0.126 e. The highest BCUT2D eigenvalue weighted by molar-refractivity contribution is 7.09. The Labute approximate surface area is 118 Å². The first-order valence-corrected chi connectivity index (χ1v) is 7.21. The van der Waals surface area contributed by atoms with Gasteiger partial charge in [-0.2, -0.15) is 0 Å². The molecule has 0 aliphatic rings. The number of hydrogen-bond acceptors (Lipinski definition) is 4. The first-order valence-electron chi connectivity index (χ1n) is 6.33. The second-order valence-corrected chi connectivity index (χ2v) is 5.77. The van der Waals surface area contributed by atoms with Crippen LogP contribution < -0.4 is 10.5 Å². The van der Waals surface area contributed by atoms with Crippen molar-refractivity contribution in [1.29, 1.82) is 0 Å². The molecule has 1 aromatic carbocycles. The van der Waals surface area contributed by atoms with Crippen molar-refractivity contribution < 1.29 is 4.74 Å². The Morgan fingerprint density at radius 2 is 2.05 bits per heavy atom. The van der Waals surface area contributed by atoms with Gasteiger partial charge in [0.15, 0.2) is 0 Å². The van der Waals surface area contributed by atoms with E-state index in [4.69, 9.17) is 10.5 Å². The lowest BCUT2D eigenvalue weighted by atomic mass is 9.98. The molecule has 4 heteroatoms. The summed E-state index contributed by atoms with van der Waals surface area (Å²) in [5, 5.41) is 3.13. The van der Waals surface area contributed by atoms with Gasteiger partial charge in [-0.25, -0.2) is 4.98 Å². The second kappa shape index (κ2) is 5.72. The molecule has 1 unspecified atom stereocenters. The molecule has 2 aromatic rings. The van der Waals surface area contributed by atoms with Crippen molar-refractivity contribution in [1.82, 2.24) is 4.98 Å². The van der Waals surface area contributed by atoms with Gasteiger partial charge in [0.2, 0.25) is 0 Å². The van der Waals surface area contributed by atoms with Crippen molar-refractivity contribution in [2.24, 2.45) is 5.73 Å². The SMILES string of the molecule is COc1c(C(N)Cc2nc(C)cs2)ccc(C)c1C. The van der Waals surface area contributed by atoms with Crippen LogP contribution in [0, 0.1) is 20.8 Å². The molecule has 0 spiro atoms. The molecule has 19 heavy (non-hydrogen) atoms. The van der Waals surface area contributed by atoms with Gasteiger partial charge in [0.1, 0.15) is 5.75 Å². The van der Waals surface area contributed by atoms with Gasteiger partial charge in [0.25, 0.3) is 0 Å². The van der Waals surface area contributed by atoms with Gasteiger partial charge in [-0.1, -0.05) is 12.1 Å². The highest BCUT2D eigenvalue weighted by Gasteiger charge is 2.16. The predicted molar refractivity (Wildman–Crippen MR) is 80.0 cm³/mol. The molecule has 0 bridgehead atoms. The van der Waals surface area contributed by atoms with Crippen molar-refractivity contribution >= 4 is 11.3 Å². The third kappa shape index (κ3) is 2.96. The zero-order valence-electron chi connectivity index (χ0n) is 11.9. The average Bonchev–Trinajstić information content (AvgIpc) is 2.77. The summed E-state index contributed by atoms with van der Waals surface area (Å²) < 4.78 is 5.52. The molecule has 2 rings (SSSR count). The minimum absolute atomic E-state index is 0.0835. The minimum atomic E-state index is -0.0835. The van der Waals surface area contributed by atoms with E-state index in [1.165, 1.54) is 5.56 Å². The summed E-state index contributed by atoms with van der Waals surface area (Å²) >= 11 is 1.66. The van der Waals surface area contributed by atoms with Crippen molar-refractivity contribution in [3.8, 4) is 5.75 Å². The summed E-state index contributed by atoms with van der Waals surface area (Å²) in [5.74, 6) is 0.903. The summed E-state index contributed by atoms with van der Waals surface area (Å²) in [6, 6.07) is 4.08. The highest BCUT2D eigenvalue weighted by atomic mass is 32.1. The van der Waals surface area contributed by atoms with Gasteiger partial charge in [-0.15, -0.1) is 11.3 Å². The molecule has 0 aliphatic carbocycles. The molecule has 0 aliphatic heterocycles. The van der Waals surface area contributed by atoms with Crippen LogP contribution in [0.4, 0.5) is 0 Å². The number of ether oxygens (including phenoxy) is 1. The van der Waals surface area contributed by atoms with Gasteiger partial charge < -0.3 is 10.5 Å². The van der Waals surface area contributed by atoms with Crippen LogP contribution in [0.15, 0.2) is 17.5 Å². The second-order valence-electron chi connectivity index (χ2n) is 4.82. The Kier molecular flexibility index (Phi) is 4.22. The number of aromatic nitrogens is 1. The summed E-state index contributed by atoms with van der Waals surface area (Å²) in [4.78, 5) is 4.47. The maximum absolute atomic E-state index is 6.32. The van der Waals surface area contributed by atoms with Gasteiger partial charge >= 0.3 is 0 Å². The monoisotopic (exact) mass is 276 g/mol. The maximum atomic E-state index is 6.32. The molecule has 2 N–H and O–H groups in total. The standard InChI is InChI=1S/C15H20N2OS/c1-9-5-6-12(15(18-4)11(9)3)13(16)7-14-17-10(2)8-19-14/h5-6,8,13H,7,16H2,1-4H3. The van der Waals surface area contributed by atoms with Crippen molar-refractivity contribution in [2.45, 2.75) is 33.2 Å². The average molecular weight is 276 g/mol. The van der Waals surface area contributed by atoms with Crippen LogP contribution in [0.1, 0.15) is 33.4 Å². The van der Waals surface area contributed by atoms with E-state index >= 15 is 0 Å². The van der Waals surface area contributed by atoms with Crippen molar-refractivity contribution in [3.63, 3.8) is 0 Å². The highest BCUT2D eigenvalue weighted by Crippen LogP contribution is 2.31. The largest absolute Gasteiger partial charge is 0.496 e. The lowest BCUT2D eigenvalue weighted by molar-refractivity contribution is 0.402. The Balaban J connectivity index is 2.28. The zero-order chi connectivity index (χ0) is 14.0. The fourth-order valence-electron chi connectivity index (χ4n) is 2.17. The minimum Gasteiger partial charge on any atom is -0.496 e. The van der Waals surface area contributed by atoms with E-state index in [0.717, 1.165) is 34.0 Å².